The Bertz CT molecular complexity index is 602. The van der Waals surface area contributed by atoms with E-state index in [2.05, 4.69) is 69.4 Å². The van der Waals surface area contributed by atoms with Gasteiger partial charge in [0, 0.05) is 0 Å². The predicted molar refractivity (Wildman–Crippen MR) is 89.1 cm³/mol. The molecular weight excluding hydrogens is 258 g/mol. The van der Waals surface area contributed by atoms with Crippen molar-refractivity contribution in [2.75, 3.05) is 13.7 Å². The van der Waals surface area contributed by atoms with Crippen LogP contribution in [0, 0.1) is 27.7 Å². The summed E-state index contributed by atoms with van der Waals surface area (Å²) < 4.78 is 6.07. The summed E-state index contributed by atoms with van der Waals surface area (Å²) in [5.41, 5.74) is 6.27. The molecule has 0 saturated carbocycles. The van der Waals surface area contributed by atoms with E-state index >= 15 is 0 Å². The molecule has 2 aromatic carbocycles. The number of likely N-dealkylation sites (N-methyl/N-ethyl adjacent to an activating group) is 1. The third kappa shape index (κ3) is 3.85. The van der Waals surface area contributed by atoms with Crippen molar-refractivity contribution in [1.82, 2.24) is 5.32 Å². The Hall–Kier alpha value is -1.80. The molecule has 2 rings (SSSR count). The summed E-state index contributed by atoms with van der Waals surface area (Å²) in [6, 6.07) is 13.1. The molecule has 0 amide bonds. The third-order valence-corrected chi connectivity index (χ3v) is 4.00. The largest absolute Gasteiger partial charge is 0.491 e. The van der Waals surface area contributed by atoms with Gasteiger partial charge in [-0.1, -0.05) is 35.9 Å². The molecule has 0 aliphatic carbocycles. The number of aryl methyl sites for hydroxylation is 3. The molecule has 0 fully saturated rings. The van der Waals surface area contributed by atoms with E-state index in [0.29, 0.717) is 6.61 Å². The van der Waals surface area contributed by atoms with Crippen molar-refractivity contribution in [3.05, 3.63) is 64.2 Å². The lowest BCUT2D eigenvalue weighted by molar-refractivity contribution is 0.271. The highest BCUT2D eigenvalue weighted by atomic mass is 16.5. The molecule has 0 aromatic heterocycles. The Kier molecular flexibility index (Phi) is 5.03. The van der Waals surface area contributed by atoms with Crippen molar-refractivity contribution >= 4 is 0 Å². The highest BCUT2D eigenvalue weighted by Crippen LogP contribution is 2.24. The van der Waals surface area contributed by atoms with E-state index in [9.17, 15) is 0 Å². The SMILES string of the molecule is CNC(COc1cc(C)cc(C)c1C)c1ccc(C)cc1. The van der Waals surface area contributed by atoms with Crippen molar-refractivity contribution in [2.24, 2.45) is 0 Å². The second-order valence-electron chi connectivity index (χ2n) is 5.77. The van der Waals surface area contributed by atoms with E-state index < -0.39 is 0 Å². The van der Waals surface area contributed by atoms with Gasteiger partial charge in [-0.3, -0.25) is 0 Å². The van der Waals surface area contributed by atoms with Gasteiger partial charge < -0.3 is 10.1 Å². The highest BCUT2D eigenvalue weighted by Gasteiger charge is 2.11. The molecule has 0 heterocycles. The first-order valence-corrected chi connectivity index (χ1v) is 7.45. The summed E-state index contributed by atoms with van der Waals surface area (Å²) in [5.74, 6) is 0.986. The van der Waals surface area contributed by atoms with Gasteiger partial charge in [0.1, 0.15) is 12.4 Å². The van der Waals surface area contributed by atoms with Crippen molar-refractivity contribution in [3.63, 3.8) is 0 Å². The van der Waals surface area contributed by atoms with E-state index in [4.69, 9.17) is 4.74 Å². The van der Waals surface area contributed by atoms with Crippen LogP contribution in [0.25, 0.3) is 0 Å². The van der Waals surface area contributed by atoms with E-state index in [1.807, 2.05) is 7.05 Å². The average Bonchev–Trinajstić information content (AvgIpc) is 2.46. The normalized spacial score (nSPS) is 12.2. The zero-order valence-electron chi connectivity index (χ0n) is 13.7. The van der Waals surface area contributed by atoms with Gasteiger partial charge in [-0.25, -0.2) is 0 Å². The highest BCUT2D eigenvalue weighted by molar-refractivity contribution is 5.42. The first kappa shape index (κ1) is 15.6. The third-order valence-electron chi connectivity index (χ3n) is 4.00. The molecule has 2 nitrogen and oxygen atoms in total. The van der Waals surface area contributed by atoms with E-state index in [1.165, 1.54) is 27.8 Å². The zero-order chi connectivity index (χ0) is 15.4. The van der Waals surface area contributed by atoms with Crippen LogP contribution in [-0.4, -0.2) is 13.7 Å². The lowest BCUT2D eigenvalue weighted by Crippen LogP contribution is -2.23. The number of rotatable bonds is 5. The van der Waals surface area contributed by atoms with Crippen LogP contribution in [0.4, 0.5) is 0 Å². The van der Waals surface area contributed by atoms with Gasteiger partial charge >= 0.3 is 0 Å². The lowest BCUT2D eigenvalue weighted by Gasteiger charge is -2.19. The molecule has 21 heavy (non-hydrogen) atoms. The molecule has 1 N–H and O–H groups in total. The Labute approximate surface area is 128 Å². The summed E-state index contributed by atoms with van der Waals surface area (Å²) >= 11 is 0. The van der Waals surface area contributed by atoms with Crippen LogP contribution in [0.15, 0.2) is 36.4 Å². The molecular formula is C19H25NO. The maximum Gasteiger partial charge on any atom is 0.122 e. The van der Waals surface area contributed by atoms with Crippen LogP contribution < -0.4 is 10.1 Å². The second-order valence-corrected chi connectivity index (χ2v) is 5.77. The van der Waals surface area contributed by atoms with Crippen LogP contribution in [0.5, 0.6) is 5.75 Å². The standard InChI is InChI=1S/C19H25NO/c1-13-6-8-17(9-7-13)18(20-5)12-21-19-11-14(2)10-15(3)16(19)4/h6-11,18,20H,12H2,1-5H3. The smallest absolute Gasteiger partial charge is 0.122 e. The van der Waals surface area contributed by atoms with Gasteiger partial charge in [-0.2, -0.15) is 0 Å². The second kappa shape index (κ2) is 6.77. The van der Waals surface area contributed by atoms with E-state index in [0.717, 1.165) is 5.75 Å². The summed E-state index contributed by atoms with van der Waals surface area (Å²) in [7, 11) is 1.97. The first-order chi connectivity index (χ1) is 10.0. The fourth-order valence-corrected chi connectivity index (χ4v) is 2.47. The molecule has 0 spiro atoms. The Morgan fingerprint density at radius 3 is 2.24 bits per heavy atom. The lowest BCUT2D eigenvalue weighted by atomic mass is 10.0. The van der Waals surface area contributed by atoms with Gasteiger partial charge in [-0.05, 0) is 63.1 Å². The molecule has 2 heteroatoms. The molecule has 0 aliphatic heterocycles. The molecule has 0 saturated heterocycles. The number of hydrogen-bond donors (Lipinski definition) is 1. The Morgan fingerprint density at radius 2 is 1.62 bits per heavy atom. The fraction of sp³-hybridized carbons (Fsp3) is 0.368. The number of hydrogen-bond acceptors (Lipinski definition) is 2. The molecule has 0 radical (unpaired) electrons. The maximum atomic E-state index is 6.07. The van der Waals surface area contributed by atoms with Gasteiger partial charge in [0.25, 0.3) is 0 Å². The van der Waals surface area contributed by atoms with Crippen LogP contribution in [-0.2, 0) is 0 Å². The minimum absolute atomic E-state index is 0.200. The van der Waals surface area contributed by atoms with Crippen LogP contribution in [0.2, 0.25) is 0 Å². The predicted octanol–water partition coefficient (Wildman–Crippen LogP) is 4.26. The minimum Gasteiger partial charge on any atom is -0.491 e. The van der Waals surface area contributed by atoms with E-state index in [1.54, 1.807) is 0 Å². The topological polar surface area (TPSA) is 21.3 Å². The van der Waals surface area contributed by atoms with Gasteiger partial charge in [0.15, 0.2) is 0 Å². The first-order valence-electron chi connectivity index (χ1n) is 7.45. The molecule has 1 unspecified atom stereocenters. The average molecular weight is 283 g/mol. The van der Waals surface area contributed by atoms with Crippen LogP contribution in [0.3, 0.4) is 0 Å². The summed E-state index contributed by atoms with van der Waals surface area (Å²) in [4.78, 5) is 0. The number of benzene rings is 2. The van der Waals surface area contributed by atoms with Crippen LogP contribution >= 0.6 is 0 Å². The zero-order valence-corrected chi connectivity index (χ0v) is 13.7. The fourth-order valence-electron chi connectivity index (χ4n) is 2.47. The van der Waals surface area contributed by atoms with Gasteiger partial charge in [0.2, 0.25) is 0 Å². The van der Waals surface area contributed by atoms with Gasteiger partial charge in [0.05, 0.1) is 6.04 Å². The summed E-state index contributed by atoms with van der Waals surface area (Å²) in [6.07, 6.45) is 0. The van der Waals surface area contributed by atoms with Crippen molar-refractivity contribution < 1.29 is 4.74 Å². The molecule has 112 valence electrons. The monoisotopic (exact) mass is 283 g/mol. The van der Waals surface area contributed by atoms with Crippen molar-refractivity contribution in [3.8, 4) is 5.75 Å². The Balaban J connectivity index is 2.12. The Morgan fingerprint density at radius 1 is 0.952 bits per heavy atom. The quantitative estimate of drug-likeness (QED) is 0.885. The van der Waals surface area contributed by atoms with E-state index in [-0.39, 0.29) is 6.04 Å². The molecule has 1 atom stereocenters. The number of nitrogens with one attached hydrogen (secondary N) is 1. The molecule has 2 aromatic rings. The van der Waals surface area contributed by atoms with Crippen molar-refractivity contribution in [1.29, 1.82) is 0 Å². The molecule has 0 bridgehead atoms. The van der Waals surface area contributed by atoms with Crippen molar-refractivity contribution in [2.45, 2.75) is 33.7 Å². The maximum absolute atomic E-state index is 6.07. The minimum atomic E-state index is 0.200. The number of ether oxygens (including phenoxy) is 1. The summed E-state index contributed by atoms with van der Waals surface area (Å²) in [6.45, 7) is 9.08. The van der Waals surface area contributed by atoms with Crippen LogP contribution in [0.1, 0.15) is 33.9 Å². The van der Waals surface area contributed by atoms with Gasteiger partial charge in [-0.15, -0.1) is 0 Å². The summed E-state index contributed by atoms with van der Waals surface area (Å²) in [5, 5.41) is 3.33. The molecule has 0 aliphatic rings.